The zero-order valence-corrected chi connectivity index (χ0v) is 15.6. The number of anilines is 1. The second kappa shape index (κ2) is 8.24. The zero-order valence-electron chi connectivity index (χ0n) is 14.0. The van der Waals surface area contributed by atoms with Gasteiger partial charge >= 0.3 is 0 Å². The number of hydrogen-bond donors (Lipinski definition) is 1. The molecule has 25 heavy (non-hydrogen) atoms. The number of halogens is 2. The van der Waals surface area contributed by atoms with Crippen LogP contribution in [0.1, 0.15) is 11.1 Å². The number of H-pyrrole nitrogens is 1. The Balaban J connectivity index is 0.00000113. The molecule has 1 aromatic heterocycles. The van der Waals surface area contributed by atoms with Gasteiger partial charge in [-0.2, -0.15) is 0 Å². The summed E-state index contributed by atoms with van der Waals surface area (Å²) in [6.07, 6.45) is 6.34. The van der Waals surface area contributed by atoms with E-state index in [2.05, 4.69) is 77.7 Å². The van der Waals surface area contributed by atoms with E-state index in [0.29, 0.717) is 0 Å². The SMILES string of the molecule is CN1CCN=C(C=Cc2c[nH]c3ccccc23)c2ccccc21.Cl.Cl. The Kier molecular flexibility index (Phi) is 6.29. The molecule has 0 saturated carbocycles. The van der Waals surface area contributed by atoms with Crippen molar-refractivity contribution in [2.45, 2.75) is 0 Å². The number of aromatic nitrogens is 1. The lowest BCUT2D eigenvalue weighted by Crippen LogP contribution is -2.20. The molecule has 1 aliphatic rings. The van der Waals surface area contributed by atoms with Crippen LogP contribution < -0.4 is 4.90 Å². The number of allylic oxidation sites excluding steroid dienone is 1. The first-order chi connectivity index (χ1) is 11.3. The number of nitrogens with zero attached hydrogens (tertiary/aromatic N) is 2. The minimum atomic E-state index is 0. The molecule has 0 spiro atoms. The van der Waals surface area contributed by atoms with E-state index in [1.54, 1.807) is 0 Å². The first kappa shape index (κ1) is 19.1. The third-order valence-electron chi connectivity index (χ3n) is 4.35. The van der Waals surface area contributed by atoms with Gasteiger partial charge in [0.15, 0.2) is 0 Å². The second-order valence-corrected chi connectivity index (χ2v) is 5.83. The van der Waals surface area contributed by atoms with E-state index < -0.39 is 0 Å². The molecule has 0 amide bonds. The maximum atomic E-state index is 4.77. The van der Waals surface area contributed by atoms with Gasteiger partial charge in [-0.1, -0.05) is 42.5 Å². The lowest BCUT2D eigenvalue weighted by molar-refractivity contribution is 0.897. The van der Waals surface area contributed by atoms with Gasteiger partial charge in [-0.25, -0.2) is 0 Å². The predicted molar refractivity (Wildman–Crippen MR) is 113 cm³/mol. The normalized spacial score (nSPS) is 13.6. The Bertz CT molecular complexity index is 912. The summed E-state index contributed by atoms with van der Waals surface area (Å²) in [5.41, 5.74) is 5.85. The van der Waals surface area contributed by atoms with Crippen LogP contribution in [0.4, 0.5) is 5.69 Å². The molecular formula is C20H21Cl2N3. The number of benzene rings is 2. The fraction of sp³-hybridized carbons (Fsp3) is 0.150. The molecule has 0 unspecified atom stereocenters. The molecular weight excluding hydrogens is 353 g/mol. The average Bonchev–Trinajstić information content (AvgIpc) is 2.93. The predicted octanol–water partition coefficient (Wildman–Crippen LogP) is 4.96. The molecule has 130 valence electrons. The fourth-order valence-corrected chi connectivity index (χ4v) is 3.09. The largest absolute Gasteiger partial charge is 0.372 e. The maximum absolute atomic E-state index is 4.77. The summed E-state index contributed by atoms with van der Waals surface area (Å²) in [5, 5.41) is 1.24. The lowest BCUT2D eigenvalue weighted by atomic mass is 10.1. The van der Waals surface area contributed by atoms with Crippen LogP contribution in [0.3, 0.4) is 0 Å². The minimum Gasteiger partial charge on any atom is -0.372 e. The summed E-state index contributed by atoms with van der Waals surface area (Å²) in [4.78, 5) is 10.4. The number of benzodiazepines with no additional fused rings is 1. The third kappa shape index (κ3) is 3.73. The van der Waals surface area contributed by atoms with Gasteiger partial charge in [0.05, 0.1) is 12.3 Å². The van der Waals surface area contributed by atoms with E-state index in [0.717, 1.165) is 24.3 Å². The summed E-state index contributed by atoms with van der Waals surface area (Å²) in [6, 6.07) is 16.8. The van der Waals surface area contributed by atoms with Crippen LogP contribution in [0.5, 0.6) is 0 Å². The van der Waals surface area contributed by atoms with Crippen LogP contribution in [-0.2, 0) is 0 Å². The third-order valence-corrected chi connectivity index (χ3v) is 4.35. The molecule has 4 rings (SSSR count). The van der Waals surface area contributed by atoms with E-state index in [-0.39, 0.29) is 24.8 Å². The van der Waals surface area contributed by atoms with E-state index in [1.807, 2.05) is 6.07 Å². The van der Waals surface area contributed by atoms with Crippen molar-refractivity contribution in [3.8, 4) is 0 Å². The summed E-state index contributed by atoms with van der Waals surface area (Å²) < 4.78 is 0. The number of nitrogens with one attached hydrogen (secondary N) is 1. The van der Waals surface area contributed by atoms with Crippen molar-refractivity contribution in [3.05, 3.63) is 71.9 Å². The molecule has 2 aromatic carbocycles. The summed E-state index contributed by atoms with van der Waals surface area (Å²) in [7, 11) is 2.13. The number of aliphatic imine (C=N–C) groups is 1. The number of likely N-dealkylation sites (N-methyl/N-ethyl adjacent to an activating group) is 1. The van der Waals surface area contributed by atoms with Gasteiger partial charge in [-0.15, -0.1) is 24.8 Å². The van der Waals surface area contributed by atoms with E-state index in [4.69, 9.17) is 4.99 Å². The fourth-order valence-electron chi connectivity index (χ4n) is 3.09. The lowest BCUT2D eigenvalue weighted by Gasteiger charge is -2.18. The molecule has 0 bridgehead atoms. The second-order valence-electron chi connectivity index (χ2n) is 5.83. The molecule has 0 fully saturated rings. The van der Waals surface area contributed by atoms with Crippen molar-refractivity contribution in [2.75, 3.05) is 25.0 Å². The van der Waals surface area contributed by atoms with Crippen molar-refractivity contribution < 1.29 is 0 Å². The molecule has 5 heteroatoms. The van der Waals surface area contributed by atoms with Crippen LogP contribution in [0.15, 0.2) is 65.8 Å². The molecule has 1 aliphatic heterocycles. The standard InChI is InChI=1S/C20H19N3.2ClH/c1-23-13-12-21-19(17-7-3-5-9-20(17)23)11-10-15-14-22-18-8-4-2-6-16(15)18;;/h2-11,14,22H,12-13H2,1H3;2*1H. The molecule has 0 radical (unpaired) electrons. The minimum absolute atomic E-state index is 0. The van der Waals surface area contributed by atoms with Crippen molar-refractivity contribution in [2.24, 2.45) is 4.99 Å². The molecule has 3 nitrogen and oxygen atoms in total. The van der Waals surface area contributed by atoms with Gasteiger partial charge in [-0.05, 0) is 23.8 Å². The Labute approximate surface area is 160 Å². The van der Waals surface area contributed by atoms with Gasteiger partial charge in [-0.3, -0.25) is 4.99 Å². The van der Waals surface area contributed by atoms with Crippen molar-refractivity contribution in [1.82, 2.24) is 4.98 Å². The van der Waals surface area contributed by atoms with Gasteiger partial charge in [0, 0.05) is 41.9 Å². The average molecular weight is 374 g/mol. The molecule has 1 N–H and O–H groups in total. The topological polar surface area (TPSA) is 31.4 Å². The number of para-hydroxylation sites is 2. The molecule has 0 saturated heterocycles. The van der Waals surface area contributed by atoms with Crippen LogP contribution in [0.2, 0.25) is 0 Å². The smallest absolute Gasteiger partial charge is 0.0668 e. The monoisotopic (exact) mass is 373 g/mol. The quantitative estimate of drug-likeness (QED) is 0.675. The van der Waals surface area contributed by atoms with Crippen LogP contribution in [0.25, 0.3) is 17.0 Å². The first-order valence-corrected chi connectivity index (χ1v) is 7.92. The van der Waals surface area contributed by atoms with E-state index >= 15 is 0 Å². The summed E-state index contributed by atoms with van der Waals surface area (Å²) in [5.74, 6) is 0. The molecule has 2 heterocycles. The first-order valence-electron chi connectivity index (χ1n) is 7.92. The number of rotatable bonds is 2. The number of aromatic amines is 1. The highest BCUT2D eigenvalue weighted by Gasteiger charge is 2.13. The summed E-state index contributed by atoms with van der Waals surface area (Å²) in [6.45, 7) is 1.76. The molecule has 3 aromatic rings. The highest BCUT2D eigenvalue weighted by atomic mass is 35.5. The maximum Gasteiger partial charge on any atom is 0.0668 e. The van der Waals surface area contributed by atoms with Crippen molar-refractivity contribution in [3.63, 3.8) is 0 Å². The zero-order chi connectivity index (χ0) is 15.6. The van der Waals surface area contributed by atoms with Gasteiger partial charge < -0.3 is 9.88 Å². The molecule has 0 atom stereocenters. The van der Waals surface area contributed by atoms with Gasteiger partial charge in [0.25, 0.3) is 0 Å². The van der Waals surface area contributed by atoms with E-state index in [1.165, 1.54) is 22.2 Å². The van der Waals surface area contributed by atoms with Crippen molar-refractivity contribution in [1.29, 1.82) is 0 Å². The van der Waals surface area contributed by atoms with Crippen molar-refractivity contribution >= 4 is 53.2 Å². The Morgan fingerprint density at radius 2 is 1.76 bits per heavy atom. The number of hydrogen-bond acceptors (Lipinski definition) is 2. The highest BCUT2D eigenvalue weighted by molar-refractivity contribution is 6.14. The summed E-state index contributed by atoms with van der Waals surface area (Å²) >= 11 is 0. The Morgan fingerprint density at radius 1 is 1.00 bits per heavy atom. The van der Waals surface area contributed by atoms with Crippen LogP contribution in [0, 0.1) is 0 Å². The van der Waals surface area contributed by atoms with Crippen LogP contribution in [-0.4, -0.2) is 30.8 Å². The number of fused-ring (bicyclic) bond motifs is 2. The van der Waals surface area contributed by atoms with E-state index in [9.17, 15) is 0 Å². The Morgan fingerprint density at radius 3 is 2.64 bits per heavy atom. The van der Waals surface area contributed by atoms with Gasteiger partial charge in [0.2, 0.25) is 0 Å². The van der Waals surface area contributed by atoms with Gasteiger partial charge in [0.1, 0.15) is 0 Å². The van der Waals surface area contributed by atoms with Crippen LogP contribution >= 0.6 is 24.8 Å². The highest BCUT2D eigenvalue weighted by Crippen LogP contribution is 2.24. The Hall–Kier alpha value is -2.23. The molecule has 0 aliphatic carbocycles.